The maximum atomic E-state index is 3.77. The minimum Gasteiger partial charge on any atom is -0.310 e. The predicted molar refractivity (Wildman–Crippen MR) is 80.5 cm³/mol. The third kappa shape index (κ3) is 2.85. The zero-order valence-corrected chi connectivity index (χ0v) is 12.4. The summed E-state index contributed by atoms with van der Waals surface area (Å²) >= 11 is 0. The van der Waals surface area contributed by atoms with Crippen LogP contribution in [0.5, 0.6) is 0 Å². The maximum absolute atomic E-state index is 3.77. The Morgan fingerprint density at radius 2 is 1.74 bits per heavy atom. The van der Waals surface area contributed by atoms with Crippen LogP contribution in [0.2, 0.25) is 0 Å². The van der Waals surface area contributed by atoms with Crippen molar-refractivity contribution in [2.45, 2.75) is 58.2 Å². The highest BCUT2D eigenvalue weighted by Crippen LogP contribution is 2.28. The first-order valence-electron chi connectivity index (χ1n) is 7.70. The summed E-state index contributed by atoms with van der Waals surface area (Å²) in [7, 11) is 0. The molecule has 1 N–H and O–H groups in total. The maximum Gasteiger partial charge on any atom is 0.0320 e. The summed E-state index contributed by atoms with van der Waals surface area (Å²) in [6, 6.07) is 9.02. The lowest BCUT2D eigenvalue weighted by Gasteiger charge is -2.31. The quantitative estimate of drug-likeness (QED) is 0.876. The minimum atomic E-state index is 0.541. The smallest absolute Gasteiger partial charge is 0.0320 e. The lowest BCUT2D eigenvalue weighted by Crippen LogP contribution is -2.36. The number of hydrogen-bond acceptors (Lipinski definition) is 2. The van der Waals surface area contributed by atoms with E-state index < -0.39 is 0 Å². The fourth-order valence-corrected chi connectivity index (χ4v) is 3.78. The largest absolute Gasteiger partial charge is 0.310 e. The summed E-state index contributed by atoms with van der Waals surface area (Å²) in [6.07, 6.45) is 4.06. The Hall–Kier alpha value is -0.860. The molecule has 0 aromatic heterocycles. The number of aryl methyl sites for hydroxylation is 2. The third-order valence-electron chi connectivity index (χ3n) is 4.83. The molecule has 0 spiro atoms. The molecule has 3 atom stereocenters. The molecular formula is C17H26N2. The van der Waals surface area contributed by atoms with E-state index >= 15 is 0 Å². The molecular weight excluding hydrogens is 232 g/mol. The number of fused-ring (bicyclic) bond motifs is 2. The predicted octanol–water partition coefficient (Wildman–Crippen LogP) is 3.19. The van der Waals surface area contributed by atoms with Gasteiger partial charge in [0.25, 0.3) is 0 Å². The molecule has 3 unspecified atom stereocenters. The van der Waals surface area contributed by atoms with Crippen LogP contribution in [-0.4, -0.2) is 30.1 Å². The van der Waals surface area contributed by atoms with Gasteiger partial charge >= 0.3 is 0 Å². The van der Waals surface area contributed by atoms with E-state index in [0.717, 1.165) is 12.1 Å². The number of nitrogens with zero attached hydrogens (tertiary/aromatic N) is 1. The Morgan fingerprint density at radius 1 is 1.05 bits per heavy atom. The molecule has 2 nitrogen and oxygen atoms in total. The first kappa shape index (κ1) is 13.1. The lowest BCUT2D eigenvalue weighted by molar-refractivity contribution is 0.200. The first-order chi connectivity index (χ1) is 9.11. The Balaban J connectivity index is 1.77. The van der Waals surface area contributed by atoms with Crippen molar-refractivity contribution in [3.8, 4) is 0 Å². The fraction of sp³-hybridized carbons (Fsp3) is 0.647. The van der Waals surface area contributed by atoms with Crippen LogP contribution >= 0.6 is 0 Å². The van der Waals surface area contributed by atoms with Crippen molar-refractivity contribution in [3.05, 3.63) is 34.9 Å². The highest BCUT2D eigenvalue weighted by atomic mass is 15.2. The molecule has 2 aliphatic rings. The van der Waals surface area contributed by atoms with E-state index in [2.05, 4.69) is 49.2 Å². The van der Waals surface area contributed by atoms with E-state index in [1.807, 2.05) is 0 Å². The van der Waals surface area contributed by atoms with Crippen LogP contribution in [0.25, 0.3) is 0 Å². The average Bonchev–Trinajstić information content (AvgIpc) is 2.67. The highest BCUT2D eigenvalue weighted by molar-refractivity contribution is 5.30. The number of nitrogens with one attached hydrogen (secondary N) is 1. The average molecular weight is 258 g/mol. The SMILES string of the molecule is Cc1cc(C)cc(C(C)N2CCC3CCC(C2)N3)c1. The lowest BCUT2D eigenvalue weighted by atomic mass is 9.99. The zero-order valence-electron chi connectivity index (χ0n) is 12.4. The zero-order chi connectivity index (χ0) is 13.4. The summed E-state index contributed by atoms with van der Waals surface area (Å²) in [5.74, 6) is 0. The summed E-state index contributed by atoms with van der Waals surface area (Å²) in [6.45, 7) is 9.23. The topological polar surface area (TPSA) is 15.3 Å². The molecule has 2 heterocycles. The van der Waals surface area contributed by atoms with Crippen molar-refractivity contribution in [2.24, 2.45) is 0 Å². The van der Waals surface area contributed by atoms with Crippen molar-refractivity contribution >= 4 is 0 Å². The molecule has 2 aliphatic heterocycles. The molecule has 2 heteroatoms. The van der Waals surface area contributed by atoms with Crippen LogP contribution in [0, 0.1) is 13.8 Å². The van der Waals surface area contributed by atoms with E-state index in [9.17, 15) is 0 Å². The summed E-state index contributed by atoms with van der Waals surface area (Å²) in [5.41, 5.74) is 4.25. The normalized spacial score (nSPS) is 29.2. The number of rotatable bonds is 2. The summed E-state index contributed by atoms with van der Waals surface area (Å²) in [4.78, 5) is 2.67. The van der Waals surface area contributed by atoms with Gasteiger partial charge in [-0.3, -0.25) is 4.90 Å². The van der Waals surface area contributed by atoms with Crippen LogP contribution in [0.4, 0.5) is 0 Å². The van der Waals surface area contributed by atoms with Crippen LogP contribution < -0.4 is 5.32 Å². The second-order valence-electron chi connectivity index (χ2n) is 6.52. The van der Waals surface area contributed by atoms with E-state index in [1.165, 1.54) is 49.0 Å². The first-order valence-corrected chi connectivity index (χ1v) is 7.70. The van der Waals surface area contributed by atoms with E-state index in [-0.39, 0.29) is 0 Å². The van der Waals surface area contributed by atoms with Crippen LogP contribution in [-0.2, 0) is 0 Å². The molecule has 2 fully saturated rings. The Labute approximate surface area is 117 Å². The summed E-state index contributed by atoms with van der Waals surface area (Å²) < 4.78 is 0. The summed E-state index contributed by atoms with van der Waals surface area (Å²) in [5, 5.41) is 3.77. The molecule has 104 valence electrons. The molecule has 1 aromatic carbocycles. The molecule has 2 bridgehead atoms. The van der Waals surface area contributed by atoms with Gasteiger partial charge in [-0.15, -0.1) is 0 Å². The monoisotopic (exact) mass is 258 g/mol. The molecule has 1 aromatic rings. The number of benzene rings is 1. The molecule has 0 saturated carbocycles. The van der Waals surface area contributed by atoms with Crippen molar-refractivity contribution in [2.75, 3.05) is 13.1 Å². The van der Waals surface area contributed by atoms with E-state index in [0.29, 0.717) is 6.04 Å². The van der Waals surface area contributed by atoms with Gasteiger partial charge in [0.1, 0.15) is 0 Å². The van der Waals surface area contributed by atoms with Crippen molar-refractivity contribution in [3.63, 3.8) is 0 Å². The number of likely N-dealkylation sites (tertiary alicyclic amines) is 1. The molecule has 3 rings (SSSR count). The van der Waals surface area contributed by atoms with Crippen LogP contribution in [0.1, 0.15) is 48.9 Å². The third-order valence-corrected chi connectivity index (χ3v) is 4.83. The van der Waals surface area contributed by atoms with Gasteiger partial charge in [0.05, 0.1) is 0 Å². The molecule has 0 radical (unpaired) electrons. The Morgan fingerprint density at radius 3 is 2.47 bits per heavy atom. The standard InChI is InChI=1S/C17H26N2/c1-12-8-13(2)10-15(9-12)14(3)19-7-6-16-4-5-17(11-19)18-16/h8-10,14,16-18H,4-7,11H2,1-3H3. The van der Waals surface area contributed by atoms with Gasteiger partial charge in [0.15, 0.2) is 0 Å². The van der Waals surface area contributed by atoms with Gasteiger partial charge in [0.2, 0.25) is 0 Å². The molecule has 2 saturated heterocycles. The second-order valence-corrected chi connectivity index (χ2v) is 6.52. The van der Waals surface area contributed by atoms with Gasteiger partial charge in [-0.05, 0) is 45.6 Å². The van der Waals surface area contributed by atoms with Crippen LogP contribution in [0.15, 0.2) is 18.2 Å². The van der Waals surface area contributed by atoms with Gasteiger partial charge < -0.3 is 5.32 Å². The van der Waals surface area contributed by atoms with Crippen LogP contribution in [0.3, 0.4) is 0 Å². The Bertz CT molecular complexity index is 434. The van der Waals surface area contributed by atoms with Gasteiger partial charge in [0, 0.05) is 31.2 Å². The highest BCUT2D eigenvalue weighted by Gasteiger charge is 2.31. The second kappa shape index (κ2) is 5.26. The van der Waals surface area contributed by atoms with Crippen molar-refractivity contribution < 1.29 is 0 Å². The van der Waals surface area contributed by atoms with Crippen molar-refractivity contribution in [1.82, 2.24) is 10.2 Å². The van der Waals surface area contributed by atoms with E-state index in [4.69, 9.17) is 0 Å². The number of hydrogen-bond donors (Lipinski definition) is 1. The van der Waals surface area contributed by atoms with Gasteiger partial charge in [-0.25, -0.2) is 0 Å². The van der Waals surface area contributed by atoms with E-state index in [1.54, 1.807) is 0 Å². The molecule has 0 amide bonds. The minimum absolute atomic E-state index is 0.541. The fourth-order valence-electron chi connectivity index (χ4n) is 3.78. The Kier molecular flexibility index (Phi) is 3.64. The van der Waals surface area contributed by atoms with Crippen molar-refractivity contribution in [1.29, 1.82) is 0 Å². The van der Waals surface area contributed by atoms with Gasteiger partial charge in [-0.1, -0.05) is 29.3 Å². The molecule has 0 aliphatic carbocycles. The molecule has 19 heavy (non-hydrogen) atoms. The van der Waals surface area contributed by atoms with Gasteiger partial charge in [-0.2, -0.15) is 0 Å².